The van der Waals surface area contributed by atoms with E-state index in [9.17, 15) is 0 Å². The summed E-state index contributed by atoms with van der Waals surface area (Å²) in [5, 5.41) is 4.32. The van der Waals surface area contributed by atoms with Crippen molar-refractivity contribution in [2.24, 2.45) is 5.73 Å². The normalized spacial score (nSPS) is 12.8. The van der Waals surface area contributed by atoms with E-state index < -0.39 is 0 Å². The standard InChI is InChI=1S/C15H28BrN3/c1-3-5-6-7-8-9-10-11-14(17)15-13(16)12-18-19(15)4-2/h12,14H,3-11,17H2,1-2H3. The molecular weight excluding hydrogens is 302 g/mol. The Kier molecular flexibility index (Phi) is 8.38. The summed E-state index contributed by atoms with van der Waals surface area (Å²) < 4.78 is 3.04. The third-order valence-corrected chi connectivity index (χ3v) is 4.21. The molecule has 0 saturated carbocycles. The fraction of sp³-hybridized carbons (Fsp3) is 0.800. The predicted octanol–water partition coefficient (Wildman–Crippen LogP) is 4.81. The van der Waals surface area contributed by atoms with Crippen LogP contribution in [-0.2, 0) is 6.54 Å². The van der Waals surface area contributed by atoms with Crippen molar-refractivity contribution in [1.82, 2.24) is 9.78 Å². The monoisotopic (exact) mass is 329 g/mol. The van der Waals surface area contributed by atoms with Gasteiger partial charge < -0.3 is 5.73 Å². The Balaban J connectivity index is 2.23. The van der Waals surface area contributed by atoms with Crippen molar-refractivity contribution in [2.45, 2.75) is 77.8 Å². The second-order valence-corrected chi connectivity index (χ2v) is 6.06. The fourth-order valence-corrected chi connectivity index (χ4v) is 3.04. The quantitative estimate of drug-likeness (QED) is 0.626. The van der Waals surface area contributed by atoms with Gasteiger partial charge in [-0.25, -0.2) is 0 Å². The third kappa shape index (κ3) is 5.65. The SMILES string of the molecule is CCCCCCCCCC(N)c1c(Br)cnn1CC. The first kappa shape index (κ1) is 16.7. The fourth-order valence-electron chi connectivity index (χ4n) is 2.45. The number of aromatic nitrogens is 2. The number of aryl methyl sites for hydroxylation is 1. The number of hydrogen-bond donors (Lipinski definition) is 1. The number of halogens is 1. The molecule has 3 nitrogen and oxygen atoms in total. The molecule has 110 valence electrons. The molecule has 2 N–H and O–H groups in total. The van der Waals surface area contributed by atoms with Crippen LogP contribution >= 0.6 is 15.9 Å². The molecular formula is C15H28BrN3. The van der Waals surface area contributed by atoms with Crippen LogP contribution in [0.2, 0.25) is 0 Å². The van der Waals surface area contributed by atoms with E-state index in [1.165, 1.54) is 44.9 Å². The lowest BCUT2D eigenvalue weighted by Crippen LogP contribution is -2.16. The largest absolute Gasteiger partial charge is 0.323 e. The molecule has 0 aliphatic carbocycles. The van der Waals surface area contributed by atoms with Crippen LogP contribution in [0.3, 0.4) is 0 Å². The highest BCUT2D eigenvalue weighted by Crippen LogP contribution is 2.25. The molecule has 1 heterocycles. The van der Waals surface area contributed by atoms with Crippen molar-refractivity contribution in [3.63, 3.8) is 0 Å². The van der Waals surface area contributed by atoms with Crippen molar-refractivity contribution < 1.29 is 0 Å². The Hall–Kier alpha value is -0.350. The summed E-state index contributed by atoms with van der Waals surface area (Å²) >= 11 is 3.55. The number of rotatable bonds is 10. The molecule has 0 radical (unpaired) electrons. The Morgan fingerprint density at radius 3 is 2.42 bits per heavy atom. The van der Waals surface area contributed by atoms with E-state index in [0.717, 1.165) is 23.1 Å². The van der Waals surface area contributed by atoms with Crippen LogP contribution in [0, 0.1) is 0 Å². The van der Waals surface area contributed by atoms with Gasteiger partial charge in [-0.1, -0.05) is 51.9 Å². The smallest absolute Gasteiger partial charge is 0.0693 e. The Labute approximate surface area is 126 Å². The van der Waals surface area contributed by atoms with Crippen LogP contribution < -0.4 is 5.73 Å². The zero-order valence-corrected chi connectivity index (χ0v) is 14.0. The van der Waals surface area contributed by atoms with Crippen molar-refractivity contribution in [3.8, 4) is 0 Å². The van der Waals surface area contributed by atoms with Gasteiger partial charge in [-0.2, -0.15) is 5.10 Å². The topological polar surface area (TPSA) is 43.8 Å². The van der Waals surface area contributed by atoms with Crippen molar-refractivity contribution in [2.75, 3.05) is 0 Å². The van der Waals surface area contributed by atoms with Gasteiger partial charge in [0.05, 0.1) is 16.4 Å². The predicted molar refractivity (Wildman–Crippen MR) is 85.1 cm³/mol. The Morgan fingerprint density at radius 1 is 1.16 bits per heavy atom. The maximum absolute atomic E-state index is 6.29. The Bertz CT molecular complexity index is 349. The number of hydrogen-bond acceptors (Lipinski definition) is 2. The molecule has 1 atom stereocenters. The second-order valence-electron chi connectivity index (χ2n) is 5.21. The molecule has 0 aliphatic rings. The highest BCUT2D eigenvalue weighted by molar-refractivity contribution is 9.10. The summed E-state index contributed by atoms with van der Waals surface area (Å²) in [5.41, 5.74) is 7.44. The molecule has 0 bridgehead atoms. The molecule has 19 heavy (non-hydrogen) atoms. The van der Waals surface area contributed by atoms with E-state index in [4.69, 9.17) is 5.73 Å². The molecule has 0 amide bonds. The van der Waals surface area contributed by atoms with Gasteiger partial charge in [0.25, 0.3) is 0 Å². The molecule has 0 aliphatic heterocycles. The molecule has 1 aromatic heterocycles. The number of unbranched alkanes of at least 4 members (excludes halogenated alkanes) is 6. The minimum atomic E-state index is 0.104. The van der Waals surface area contributed by atoms with E-state index in [1.54, 1.807) is 0 Å². The summed E-state index contributed by atoms with van der Waals surface area (Å²) in [6, 6.07) is 0.104. The summed E-state index contributed by atoms with van der Waals surface area (Å²) in [6.07, 6.45) is 12.2. The van der Waals surface area contributed by atoms with Gasteiger partial charge >= 0.3 is 0 Å². The minimum Gasteiger partial charge on any atom is -0.323 e. The summed E-state index contributed by atoms with van der Waals surface area (Å²) in [4.78, 5) is 0. The van der Waals surface area contributed by atoms with E-state index >= 15 is 0 Å². The Morgan fingerprint density at radius 2 is 1.79 bits per heavy atom. The molecule has 4 heteroatoms. The van der Waals surface area contributed by atoms with Crippen LogP contribution in [0.25, 0.3) is 0 Å². The highest BCUT2D eigenvalue weighted by atomic mass is 79.9. The zero-order valence-electron chi connectivity index (χ0n) is 12.4. The maximum Gasteiger partial charge on any atom is 0.0693 e. The summed E-state index contributed by atoms with van der Waals surface area (Å²) in [6.45, 7) is 5.24. The van der Waals surface area contributed by atoms with E-state index in [2.05, 4.69) is 34.9 Å². The van der Waals surface area contributed by atoms with Crippen molar-refractivity contribution in [3.05, 3.63) is 16.4 Å². The molecule has 0 spiro atoms. The van der Waals surface area contributed by atoms with Gasteiger partial charge in [0, 0.05) is 12.6 Å². The van der Waals surface area contributed by atoms with Gasteiger partial charge in [0.15, 0.2) is 0 Å². The first-order valence-corrected chi connectivity index (χ1v) is 8.46. The molecule has 0 aromatic carbocycles. The summed E-state index contributed by atoms with van der Waals surface area (Å²) in [5.74, 6) is 0. The molecule has 0 saturated heterocycles. The number of nitrogens with two attached hydrogens (primary N) is 1. The van der Waals surface area contributed by atoms with E-state index in [-0.39, 0.29) is 6.04 Å². The van der Waals surface area contributed by atoms with Gasteiger partial charge in [-0.05, 0) is 29.3 Å². The van der Waals surface area contributed by atoms with Gasteiger partial charge in [0.1, 0.15) is 0 Å². The first-order chi connectivity index (χ1) is 9.20. The average molecular weight is 330 g/mol. The molecule has 1 unspecified atom stereocenters. The number of nitrogens with zero attached hydrogens (tertiary/aromatic N) is 2. The zero-order chi connectivity index (χ0) is 14.1. The van der Waals surface area contributed by atoms with E-state index in [0.29, 0.717) is 0 Å². The van der Waals surface area contributed by atoms with Crippen LogP contribution in [0.5, 0.6) is 0 Å². The van der Waals surface area contributed by atoms with Crippen LogP contribution in [0.1, 0.15) is 76.9 Å². The lowest BCUT2D eigenvalue weighted by molar-refractivity contribution is 0.506. The van der Waals surface area contributed by atoms with E-state index in [1.807, 2.05) is 10.9 Å². The van der Waals surface area contributed by atoms with Crippen LogP contribution in [-0.4, -0.2) is 9.78 Å². The van der Waals surface area contributed by atoms with Gasteiger partial charge in [0.2, 0.25) is 0 Å². The molecule has 1 aromatic rings. The molecule has 1 rings (SSSR count). The second kappa shape index (κ2) is 9.54. The lowest BCUT2D eigenvalue weighted by Gasteiger charge is -2.14. The van der Waals surface area contributed by atoms with Crippen LogP contribution in [0.15, 0.2) is 10.7 Å². The third-order valence-electron chi connectivity index (χ3n) is 3.60. The minimum absolute atomic E-state index is 0.104. The average Bonchev–Trinajstić information content (AvgIpc) is 2.78. The van der Waals surface area contributed by atoms with Crippen molar-refractivity contribution in [1.29, 1.82) is 0 Å². The highest BCUT2D eigenvalue weighted by Gasteiger charge is 2.15. The summed E-state index contributed by atoms with van der Waals surface area (Å²) in [7, 11) is 0. The van der Waals surface area contributed by atoms with Gasteiger partial charge in [-0.3, -0.25) is 4.68 Å². The molecule has 0 fully saturated rings. The lowest BCUT2D eigenvalue weighted by atomic mass is 10.0. The van der Waals surface area contributed by atoms with Crippen LogP contribution in [0.4, 0.5) is 0 Å². The van der Waals surface area contributed by atoms with Gasteiger partial charge in [-0.15, -0.1) is 0 Å². The first-order valence-electron chi connectivity index (χ1n) is 7.67. The maximum atomic E-state index is 6.29. The van der Waals surface area contributed by atoms with Crippen molar-refractivity contribution >= 4 is 15.9 Å².